The number of aromatic nitrogens is 4. The van der Waals surface area contributed by atoms with Gasteiger partial charge in [-0.1, -0.05) is 6.92 Å². The summed E-state index contributed by atoms with van der Waals surface area (Å²) in [5.41, 5.74) is -2.16. The van der Waals surface area contributed by atoms with Gasteiger partial charge < -0.3 is 8.97 Å². The number of fused-ring (bicyclic) bond motifs is 2. The van der Waals surface area contributed by atoms with Gasteiger partial charge in [0.1, 0.15) is 11.5 Å². The quantitative estimate of drug-likeness (QED) is 0.402. The Morgan fingerprint density at radius 3 is 2.25 bits per heavy atom. The lowest BCUT2D eigenvalue weighted by Gasteiger charge is -2.10. The van der Waals surface area contributed by atoms with Crippen LogP contribution in [0.25, 0.3) is 28.1 Å². The van der Waals surface area contributed by atoms with Crippen LogP contribution < -0.4 is 0 Å². The minimum absolute atomic E-state index is 0.0228. The molecular formula is C19H14F6N4O2S. The van der Waals surface area contributed by atoms with Gasteiger partial charge in [0.05, 0.1) is 27.2 Å². The molecule has 0 aliphatic heterocycles. The first kappa shape index (κ1) is 22.1. The number of imidazole rings is 2. The first-order valence-electron chi connectivity index (χ1n) is 9.09. The van der Waals surface area contributed by atoms with Crippen LogP contribution in [-0.2, 0) is 29.2 Å². The fourth-order valence-corrected chi connectivity index (χ4v) is 4.42. The second-order valence-electron chi connectivity index (χ2n) is 7.04. The predicted molar refractivity (Wildman–Crippen MR) is 103 cm³/mol. The monoisotopic (exact) mass is 476 g/mol. The molecular weight excluding hydrogens is 462 g/mol. The number of hydrogen-bond acceptors (Lipinski definition) is 4. The maximum absolute atomic E-state index is 13.1. The molecule has 0 N–H and O–H groups in total. The normalized spacial score (nSPS) is 13.4. The van der Waals surface area contributed by atoms with Crippen molar-refractivity contribution >= 4 is 26.5 Å². The fourth-order valence-electron chi connectivity index (χ4n) is 3.35. The zero-order valence-electron chi connectivity index (χ0n) is 16.5. The standard InChI is InChI=1S/C19H14F6N4O2S/c1-3-32(30,31)14-8-29-9-15(19(23,24)25)27-16(29)7-11(14)17-26-12-6-10(18(20,21)22)4-5-13(12)28(17)2/h4-9H,3H2,1-2H3. The van der Waals surface area contributed by atoms with Gasteiger partial charge in [0.2, 0.25) is 0 Å². The molecule has 0 aliphatic carbocycles. The van der Waals surface area contributed by atoms with E-state index < -0.39 is 33.4 Å². The molecule has 32 heavy (non-hydrogen) atoms. The minimum atomic E-state index is -4.75. The average Bonchev–Trinajstić information content (AvgIpc) is 3.27. The van der Waals surface area contributed by atoms with Crippen LogP contribution in [0.3, 0.4) is 0 Å². The van der Waals surface area contributed by atoms with Gasteiger partial charge in [0.25, 0.3) is 0 Å². The Morgan fingerprint density at radius 1 is 0.969 bits per heavy atom. The predicted octanol–water partition coefficient (Wildman–Crippen LogP) is 4.72. The number of benzene rings is 1. The van der Waals surface area contributed by atoms with Gasteiger partial charge in [0.15, 0.2) is 15.5 Å². The van der Waals surface area contributed by atoms with E-state index in [9.17, 15) is 34.8 Å². The van der Waals surface area contributed by atoms with E-state index >= 15 is 0 Å². The van der Waals surface area contributed by atoms with Crippen molar-refractivity contribution in [2.24, 2.45) is 7.05 Å². The van der Waals surface area contributed by atoms with E-state index in [0.717, 1.165) is 28.8 Å². The van der Waals surface area contributed by atoms with Crippen LogP contribution in [0.5, 0.6) is 0 Å². The Balaban J connectivity index is 2.03. The lowest BCUT2D eigenvalue weighted by Crippen LogP contribution is -2.09. The van der Waals surface area contributed by atoms with E-state index in [1.165, 1.54) is 24.6 Å². The first-order valence-corrected chi connectivity index (χ1v) is 10.7. The highest BCUT2D eigenvalue weighted by molar-refractivity contribution is 7.91. The Kier molecular flexibility index (Phi) is 4.81. The molecule has 0 unspecified atom stereocenters. The van der Waals surface area contributed by atoms with Gasteiger partial charge in [-0.05, 0) is 24.3 Å². The van der Waals surface area contributed by atoms with Gasteiger partial charge in [-0.25, -0.2) is 18.4 Å². The van der Waals surface area contributed by atoms with Crippen LogP contribution in [0.4, 0.5) is 26.3 Å². The molecule has 0 fully saturated rings. The Labute approximate surface area is 177 Å². The van der Waals surface area contributed by atoms with E-state index in [4.69, 9.17) is 0 Å². The second-order valence-corrected chi connectivity index (χ2v) is 9.29. The highest BCUT2D eigenvalue weighted by atomic mass is 32.2. The molecule has 0 aliphatic rings. The smallest absolute Gasteiger partial charge is 0.327 e. The Hall–Kier alpha value is -3.09. The summed E-state index contributed by atoms with van der Waals surface area (Å²) in [6.07, 6.45) is -7.68. The third-order valence-electron chi connectivity index (χ3n) is 5.01. The largest absolute Gasteiger partial charge is 0.434 e. The summed E-state index contributed by atoms with van der Waals surface area (Å²) in [6.45, 7) is 1.36. The SMILES string of the molecule is CCS(=O)(=O)c1cn2cc(C(F)(F)F)nc2cc1-c1nc2cc(C(F)(F)F)ccc2n1C. The minimum Gasteiger partial charge on any atom is -0.327 e. The fraction of sp³-hybridized carbons (Fsp3) is 0.263. The van der Waals surface area contributed by atoms with Gasteiger partial charge in [-0.2, -0.15) is 26.3 Å². The van der Waals surface area contributed by atoms with E-state index in [-0.39, 0.29) is 38.7 Å². The third kappa shape index (κ3) is 3.59. The van der Waals surface area contributed by atoms with Crippen molar-refractivity contribution in [3.63, 3.8) is 0 Å². The van der Waals surface area contributed by atoms with Crippen molar-refractivity contribution < 1.29 is 34.8 Å². The van der Waals surface area contributed by atoms with Crippen LogP contribution in [-0.4, -0.2) is 33.1 Å². The molecule has 13 heteroatoms. The van der Waals surface area contributed by atoms with Crippen LogP contribution in [0.1, 0.15) is 18.2 Å². The van der Waals surface area contributed by atoms with Gasteiger partial charge in [0, 0.05) is 25.0 Å². The number of nitrogens with zero attached hydrogens (tertiary/aromatic N) is 4. The van der Waals surface area contributed by atoms with Crippen molar-refractivity contribution in [2.75, 3.05) is 5.75 Å². The molecule has 0 amide bonds. The Morgan fingerprint density at radius 2 is 1.66 bits per heavy atom. The molecule has 0 saturated heterocycles. The third-order valence-corrected chi connectivity index (χ3v) is 6.77. The summed E-state index contributed by atoms with van der Waals surface area (Å²) in [5, 5.41) is 0. The molecule has 4 rings (SSSR count). The van der Waals surface area contributed by atoms with Crippen molar-refractivity contribution in [1.29, 1.82) is 0 Å². The van der Waals surface area contributed by atoms with E-state index in [0.29, 0.717) is 6.20 Å². The van der Waals surface area contributed by atoms with Crippen molar-refractivity contribution in [2.45, 2.75) is 24.2 Å². The number of alkyl halides is 6. The van der Waals surface area contributed by atoms with Crippen molar-refractivity contribution in [1.82, 2.24) is 18.9 Å². The Bertz CT molecular complexity index is 1470. The average molecular weight is 476 g/mol. The highest BCUT2D eigenvalue weighted by Gasteiger charge is 2.35. The molecule has 170 valence electrons. The molecule has 0 atom stereocenters. The topological polar surface area (TPSA) is 69.3 Å². The molecule has 4 aromatic rings. The molecule has 0 spiro atoms. The molecule has 0 radical (unpaired) electrons. The van der Waals surface area contributed by atoms with Gasteiger partial charge in [-0.3, -0.25) is 0 Å². The maximum atomic E-state index is 13.1. The lowest BCUT2D eigenvalue weighted by molar-refractivity contribution is -0.141. The van der Waals surface area contributed by atoms with Crippen LogP contribution in [0.15, 0.2) is 41.6 Å². The van der Waals surface area contributed by atoms with Crippen LogP contribution in [0, 0.1) is 0 Å². The van der Waals surface area contributed by atoms with E-state index in [1.807, 2.05) is 0 Å². The zero-order chi connectivity index (χ0) is 23.6. The summed E-state index contributed by atoms with van der Waals surface area (Å²) in [6, 6.07) is 4.01. The number of pyridine rings is 1. The van der Waals surface area contributed by atoms with Crippen LogP contribution >= 0.6 is 0 Å². The number of rotatable bonds is 3. The molecule has 3 heterocycles. The van der Waals surface area contributed by atoms with Gasteiger partial charge in [-0.15, -0.1) is 0 Å². The van der Waals surface area contributed by atoms with Crippen molar-refractivity contribution in [3.8, 4) is 11.4 Å². The number of sulfone groups is 1. The number of halogens is 6. The maximum Gasteiger partial charge on any atom is 0.434 e. The molecule has 1 aromatic carbocycles. The van der Waals surface area contributed by atoms with Crippen LogP contribution in [0.2, 0.25) is 0 Å². The molecule has 6 nitrogen and oxygen atoms in total. The first-order chi connectivity index (χ1) is 14.7. The van der Waals surface area contributed by atoms with Crippen molar-refractivity contribution in [3.05, 3.63) is 47.9 Å². The lowest BCUT2D eigenvalue weighted by atomic mass is 10.2. The number of aryl methyl sites for hydroxylation is 1. The summed E-state index contributed by atoms with van der Waals surface area (Å²) >= 11 is 0. The summed E-state index contributed by atoms with van der Waals surface area (Å²) in [7, 11) is -2.47. The number of hydrogen-bond donors (Lipinski definition) is 0. The van der Waals surface area contributed by atoms with E-state index in [2.05, 4.69) is 9.97 Å². The molecule has 3 aromatic heterocycles. The summed E-state index contributed by atoms with van der Waals surface area (Å²) < 4.78 is 106. The second kappa shape index (κ2) is 6.95. The zero-order valence-corrected chi connectivity index (χ0v) is 17.3. The summed E-state index contributed by atoms with van der Waals surface area (Å²) in [4.78, 5) is 7.36. The molecule has 0 saturated carbocycles. The highest BCUT2D eigenvalue weighted by Crippen LogP contribution is 2.35. The van der Waals surface area contributed by atoms with E-state index in [1.54, 1.807) is 0 Å². The molecule has 0 bridgehead atoms. The summed E-state index contributed by atoms with van der Waals surface area (Å²) in [5.74, 6) is -0.375. The van der Waals surface area contributed by atoms with Gasteiger partial charge >= 0.3 is 12.4 Å².